The molecule has 0 amide bonds. The Kier molecular flexibility index (Phi) is 1.16. The Labute approximate surface area is 50.3 Å². The summed E-state index contributed by atoms with van der Waals surface area (Å²) in [6, 6.07) is 0. The lowest BCUT2D eigenvalue weighted by molar-refractivity contribution is 0.369. The Hall–Kier alpha value is -0.300. The van der Waals surface area contributed by atoms with Crippen LogP contribution >= 0.6 is 0 Å². The van der Waals surface area contributed by atoms with E-state index >= 15 is 0 Å². The molecule has 0 aromatic rings. The first kappa shape index (κ1) is 5.83. The minimum absolute atomic E-state index is 0.110. The van der Waals surface area contributed by atoms with Crippen molar-refractivity contribution in [3.63, 3.8) is 0 Å². The summed E-state index contributed by atoms with van der Waals surface area (Å²) >= 11 is 0. The van der Waals surface area contributed by atoms with Gasteiger partial charge >= 0.3 is 0 Å². The van der Waals surface area contributed by atoms with Crippen LogP contribution in [-0.2, 0) is 4.74 Å². The molecule has 1 atom stereocenters. The molecule has 1 rings (SSSR count). The van der Waals surface area contributed by atoms with Gasteiger partial charge in [-0.15, -0.1) is 0 Å². The molecule has 1 aliphatic rings. The Morgan fingerprint density at radius 2 is 2.12 bits per heavy atom. The van der Waals surface area contributed by atoms with Crippen LogP contribution in [0.15, 0.2) is 11.6 Å². The first-order valence-electron chi connectivity index (χ1n) is 2.92. The SMILES string of the molecule is CC(C)=CC1(C)CO1. The Balaban J connectivity index is 2.50. The van der Waals surface area contributed by atoms with E-state index in [0.717, 1.165) is 6.61 Å². The predicted octanol–water partition coefficient (Wildman–Crippen LogP) is 1.74. The summed E-state index contributed by atoms with van der Waals surface area (Å²) in [5.74, 6) is 0. The van der Waals surface area contributed by atoms with E-state index < -0.39 is 0 Å². The van der Waals surface area contributed by atoms with E-state index in [4.69, 9.17) is 4.74 Å². The molecular weight excluding hydrogens is 100 g/mol. The van der Waals surface area contributed by atoms with E-state index in [0.29, 0.717) is 0 Å². The van der Waals surface area contributed by atoms with Crippen LogP contribution in [0.4, 0.5) is 0 Å². The molecule has 0 aliphatic carbocycles. The minimum Gasteiger partial charge on any atom is -0.365 e. The average Bonchev–Trinajstić information content (AvgIpc) is 2.17. The number of hydrogen-bond acceptors (Lipinski definition) is 1. The molecule has 1 nitrogen and oxygen atoms in total. The summed E-state index contributed by atoms with van der Waals surface area (Å²) in [6.07, 6.45) is 2.16. The zero-order chi connectivity index (χ0) is 6.20. The smallest absolute Gasteiger partial charge is 0.107 e. The van der Waals surface area contributed by atoms with Crippen molar-refractivity contribution in [2.75, 3.05) is 6.61 Å². The van der Waals surface area contributed by atoms with Gasteiger partial charge in [0, 0.05) is 0 Å². The second-order valence-electron chi connectivity index (χ2n) is 2.82. The quantitative estimate of drug-likeness (QED) is 0.372. The highest BCUT2D eigenvalue weighted by Crippen LogP contribution is 2.28. The maximum absolute atomic E-state index is 5.13. The van der Waals surface area contributed by atoms with Gasteiger partial charge in [0.25, 0.3) is 0 Å². The topological polar surface area (TPSA) is 12.5 Å². The highest BCUT2D eigenvalue weighted by Gasteiger charge is 2.36. The van der Waals surface area contributed by atoms with Crippen molar-refractivity contribution in [3.05, 3.63) is 11.6 Å². The number of hydrogen-bond donors (Lipinski definition) is 0. The monoisotopic (exact) mass is 112 g/mol. The summed E-state index contributed by atoms with van der Waals surface area (Å²) in [5, 5.41) is 0. The summed E-state index contributed by atoms with van der Waals surface area (Å²) in [4.78, 5) is 0. The Bertz CT molecular complexity index is 116. The summed E-state index contributed by atoms with van der Waals surface area (Å²) in [5.41, 5.74) is 1.45. The van der Waals surface area contributed by atoms with E-state index in [9.17, 15) is 0 Å². The lowest BCUT2D eigenvalue weighted by Gasteiger charge is -1.94. The van der Waals surface area contributed by atoms with Crippen LogP contribution < -0.4 is 0 Å². The largest absolute Gasteiger partial charge is 0.365 e. The van der Waals surface area contributed by atoms with Crippen molar-refractivity contribution in [1.29, 1.82) is 0 Å². The third kappa shape index (κ3) is 1.34. The van der Waals surface area contributed by atoms with Crippen LogP contribution in [0.5, 0.6) is 0 Å². The van der Waals surface area contributed by atoms with Gasteiger partial charge < -0.3 is 4.74 Å². The number of epoxide rings is 1. The van der Waals surface area contributed by atoms with Gasteiger partial charge in [0.2, 0.25) is 0 Å². The minimum atomic E-state index is 0.110. The Morgan fingerprint density at radius 1 is 1.62 bits per heavy atom. The molecule has 0 N–H and O–H groups in total. The number of rotatable bonds is 1. The van der Waals surface area contributed by atoms with Gasteiger partial charge in [0.15, 0.2) is 0 Å². The summed E-state index contributed by atoms with van der Waals surface area (Å²) in [7, 11) is 0. The molecule has 8 heavy (non-hydrogen) atoms. The molecule has 1 unspecified atom stereocenters. The van der Waals surface area contributed by atoms with Crippen LogP contribution in [0, 0.1) is 0 Å². The normalized spacial score (nSPS) is 34.4. The molecule has 1 heteroatoms. The molecular formula is C7H12O. The maximum Gasteiger partial charge on any atom is 0.107 e. The molecule has 1 saturated heterocycles. The van der Waals surface area contributed by atoms with Gasteiger partial charge in [-0.3, -0.25) is 0 Å². The molecule has 0 aromatic heterocycles. The van der Waals surface area contributed by atoms with Crippen LogP contribution in [0.25, 0.3) is 0 Å². The molecule has 46 valence electrons. The van der Waals surface area contributed by atoms with Gasteiger partial charge in [-0.1, -0.05) is 11.6 Å². The highest BCUT2D eigenvalue weighted by atomic mass is 16.6. The fraction of sp³-hybridized carbons (Fsp3) is 0.714. The van der Waals surface area contributed by atoms with Crippen molar-refractivity contribution in [3.8, 4) is 0 Å². The van der Waals surface area contributed by atoms with Crippen molar-refractivity contribution in [2.45, 2.75) is 26.4 Å². The van der Waals surface area contributed by atoms with Crippen LogP contribution in [0.2, 0.25) is 0 Å². The Morgan fingerprint density at radius 3 is 2.25 bits per heavy atom. The van der Waals surface area contributed by atoms with Crippen molar-refractivity contribution in [2.24, 2.45) is 0 Å². The first-order chi connectivity index (χ1) is 3.62. The molecule has 1 heterocycles. The molecule has 0 spiro atoms. The van der Waals surface area contributed by atoms with Gasteiger partial charge in [-0.25, -0.2) is 0 Å². The van der Waals surface area contributed by atoms with Crippen molar-refractivity contribution >= 4 is 0 Å². The highest BCUT2D eigenvalue weighted by molar-refractivity contribution is 5.11. The fourth-order valence-electron chi connectivity index (χ4n) is 0.808. The van der Waals surface area contributed by atoms with E-state index in [1.165, 1.54) is 5.57 Å². The van der Waals surface area contributed by atoms with Gasteiger partial charge in [0.1, 0.15) is 5.60 Å². The summed E-state index contributed by atoms with van der Waals surface area (Å²) in [6.45, 7) is 7.18. The molecule has 0 aromatic carbocycles. The van der Waals surface area contributed by atoms with E-state index in [1.54, 1.807) is 0 Å². The van der Waals surface area contributed by atoms with Crippen LogP contribution in [0.1, 0.15) is 20.8 Å². The molecule has 0 bridgehead atoms. The van der Waals surface area contributed by atoms with Gasteiger partial charge in [-0.2, -0.15) is 0 Å². The second-order valence-corrected chi connectivity index (χ2v) is 2.82. The maximum atomic E-state index is 5.13. The standard InChI is InChI=1S/C7H12O/c1-6(2)4-7(3)5-8-7/h4H,5H2,1-3H3. The summed E-state index contributed by atoms with van der Waals surface area (Å²) < 4.78 is 5.13. The number of allylic oxidation sites excluding steroid dienone is 1. The lowest BCUT2D eigenvalue weighted by Crippen LogP contribution is -1.97. The van der Waals surface area contributed by atoms with Crippen molar-refractivity contribution < 1.29 is 4.74 Å². The molecule has 1 fully saturated rings. The van der Waals surface area contributed by atoms with E-state index in [1.807, 2.05) is 0 Å². The third-order valence-corrected chi connectivity index (χ3v) is 1.19. The van der Waals surface area contributed by atoms with Crippen molar-refractivity contribution in [1.82, 2.24) is 0 Å². The number of ether oxygens (including phenoxy) is 1. The second kappa shape index (κ2) is 1.59. The lowest BCUT2D eigenvalue weighted by atomic mass is 10.1. The van der Waals surface area contributed by atoms with E-state index in [-0.39, 0.29) is 5.60 Å². The zero-order valence-corrected chi connectivity index (χ0v) is 5.69. The van der Waals surface area contributed by atoms with Crippen LogP contribution in [-0.4, -0.2) is 12.2 Å². The average molecular weight is 112 g/mol. The third-order valence-electron chi connectivity index (χ3n) is 1.19. The van der Waals surface area contributed by atoms with E-state index in [2.05, 4.69) is 26.8 Å². The fourth-order valence-corrected chi connectivity index (χ4v) is 0.808. The van der Waals surface area contributed by atoms with Crippen LogP contribution in [0.3, 0.4) is 0 Å². The first-order valence-corrected chi connectivity index (χ1v) is 2.92. The molecule has 1 aliphatic heterocycles. The molecule has 0 saturated carbocycles. The zero-order valence-electron chi connectivity index (χ0n) is 5.69. The predicted molar refractivity (Wildman–Crippen MR) is 33.8 cm³/mol. The molecule has 0 radical (unpaired) electrons. The van der Waals surface area contributed by atoms with Gasteiger partial charge in [-0.05, 0) is 20.8 Å². The van der Waals surface area contributed by atoms with Gasteiger partial charge in [0.05, 0.1) is 6.61 Å².